The molecule has 0 radical (unpaired) electrons. The predicted octanol–water partition coefficient (Wildman–Crippen LogP) is 3.19. The Balaban J connectivity index is 1.84. The number of hydrogen-bond donors (Lipinski definition) is 2. The first kappa shape index (κ1) is 15.5. The SMILES string of the molecule is COCCCNc1ccnc(NCc2ccc(Cl)cc2)n1. The summed E-state index contributed by atoms with van der Waals surface area (Å²) in [6.07, 6.45) is 2.67. The van der Waals surface area contributed by atoms with Crippen molar-refractivity contribution in [2.24, 2.45) is 0 Å². The summed E-state index contributed by atoms with van der Waals surface area (Å²) in [5, 5.41) is 7.16. The highest BCUT2D eigenvalue weighted by molar-refractivity contribution is 6.30. The van der Waals surface area contributed by atoms with Gasteiger partial charge in [0.05, 0.1) is 0 Å². The zero-order valence-electron chi connectivity index (χ0n) is 12.0. The van der Waals surface area contributed by atoms with E-state index in [1.165, 1.54) is 0 Å². The molecule has 0 atom stereocenters. The molecule has 2 aromatic rings. The molecule has 0 spiro atoms. The number of benzene rings is 1. The fourth-order valence-electron chi connectivity index (χ4n) is 1.76. The van der Waals surface area contributed by atoms with E-state index >= 15 is 0 Å². The highest BCUT2D eigenvalue weighted by Gasteiger charge is 1.99. The lowest BCUT2D eigenvalue weighted by atomic mass is 10.2. The number of nitrogens with one attached hydrogen (secondary N) is 2. The van der Waals surface area contributed by atoms with Gasteiger partial charge in [-0.3, -0.25) is 0 Å². The van der Waals surface area contributed by atoms with Gasteiger partial charge < -0.3 is 15.4 Å². The van der Waals surface area contributed by atoms with Gasteiger partial charge in [-0.2, -0.15) is 4.98 Å². The van der Waals surface area contributed by atoms with Crippen molar-refractivity contribution in [3.63, 3.8) is 0 Å². The lowest BCUT2D eigenvalue weighted by Crippen LogP contribution is -2.08. The first-order chi connectivity index (χ1) is 10.3. The minimum absolute atomic E-state index is 0.599. The summed E-state index contributed by atoms with van der Waals surface area (Å²) >= 11 is 5.86. The van der Waals surface area contributed by atoms with Gasteiger partial charge in [0, 0.05) is 38.0 Å². The molecule has 0 aliphatic carbocycles. The molecule has 0 aliphatic rings. The van der Waals surface area contributed by atoms with Crippen molar-refractivity contribution >= 4 is 23.4 Å². The third-order valence-corrected chi connectivity index (χ3v) is 3.10. The molecule has 0 saturated heterocycles. The minimum atomic E-state index is 0.599. The molecule has 1 aromatic heterocycles. The van der Waals surface area contributed by atoms with E-state index in [0.717, 1.165) is 36.0 Å². The van der Waals surface area contributed by atoms with Crippen molar-refractivity contribution in [2.45, 2.75) is 13.0 Å². The normalized spacial score (nSPS) is 10.4. The number of methoxy groups -OCH3 is 1. The molecule has 0 unspecified atom stereocenters. The fourth-order valence-corrected chi connectivity index (χ4v) is 1.88. The summed E-state index contributed by atoms with van der Waals surface area (Å²) in [5.41, 5.74) is 1.13. The summed E-state index contributed by atoms with van der Waals surface area (Å²) in [6, 6.07) is 9.53. The third kappa shape index (κ3) is 5.57. The van der Waals surface area contributed by atoms with Crippen LogP contribution in [0.4, 0.5) is 11.8 Å². The lowest BCUT2D eigenvalue weighted by molar-refractivity contribution is 0.198. The van der Waals surface area contributed by atoms with Gasteiger partial charge in [0.1, 0.15) is 5.82 Å². The molecule has 2 N–H and O–H groups in total. The quantitative estimate of drug-likeness (QED) is 0.734. The van der Waals surface area contributed by atoms with Crippen LogP contribution < -0.4 is 10.6 Å². The molecule has 21 heavy (non-hydrogen) atoms. The van der Waals surface area contributed by atoms with Crippen molar-refractivity contribution < 1.29 is 4.74 Å². The molecule has 6 heteroatoms. The Bertz CT molecular complexity index is 548. The Morgan fingerprint density at radius 3 is 2.71 bits per heavy atom. The number of rotatable bonds is 8. The Labute approximate surface area is 129 Å². The first-order valence-corrected chi connectivity index (χ1v) is 7.20. The molecule has 5 nitrogen and oxygen atoms in total. The molecule has 0 bridgehead atoms. The zero-order chi connectivity index (χ0) is 14.9. The van der Waals surface area contributed by atoms with E-state index < -0.39 is 0 Å². The molecule has 0 fully saturated rings. The summed E-state index contributed by atoms with van der Waals surface area (Å²) in [5.74, 6) is 1.40. The van der Waals surface area contributed by atoms with E-state index in [9.17, 15) is 0 Å². The zero-order valence-corrected chi connectivity index (χ0v) is 12.7. The van der Waals surface area contributed by atoms with Crippen LogP contribution in [-0.4, -0.2) is 30.2 Å². The summed E-state index contributed by atoms with van der Waals surface area (Å²) in [7, 11) is 1.70. The monoisotopic (exact) mass is 306 g/mol. The molecule has 0 amide bonds. The number of halogens is 1. The average Bonchev–Trinajstić information content (AvgIpc) is 2.52. The highest BCUT2D eigenvalue weighted by atomic mass is 35.5. The van der Waals surface area contributed by atoms with E-state index in [1.807, 2.05) is 30.3 Å². The Morgan fingerprint density at radius 2 is 1.95 bits per heavy atom. The second-order valence-electron chi connectivity index (χ2n) is 4.52. The van der Waals surface area contributed by atoms with Crippen LogP contribution in [0.5, 0.6) is 0 Å². The molecule has 0 aliphatic heterocycles. The van der Waals surface area contributed by atoms with Crippen molar-refractivity contribution in [3.8, 4) is 0 Å². The fraction of sp³-hybridized carbons (Fsp3) is 0.333. The maximum absolute atomic E-state index is 5.86. The van der Waals surface area contributed by atoms with Crippen LogP contribution >= 0.6 is 11.6 Å². The smallest absolute Gasteiger partial charge is 0.224 e. The number of ether oxygens (including phenoxy) is 1. The van der Waals surface area contributed by atoms with Crippen molar-refractivity contribution in [3.05, 3.63) is 47.1 Å². The van der Waals surface area contributed by atoms with Crippen LogP contribution in [0, 0.1) is 0 Å². The van der Waals surface area contributed by atoms with Crippen LogP contribution in [-0.2, 0) is 11.3 Å². The predicted molar refractivity (Wildman–Crippen MR) is 85.8 cm³/mol. The number of anilines is 2. The van der Waals surface area contributed by atoms with Crippen LogP contribution in [0.2, 0.25) is 5.02 Å². The van der Waals surface area contributed by atoms with Gasteiger partial charge in [0.25, 0.3) is 0 Å². The van der Waals surface area contributed by atoms with Crippen LogP contribution in [0.1, 0.15) is 12.0 Å². The topological polar surface area (TPSA) is 59.1 Å². The number of nitrogens with zero attached hydrogens (tertiary/aromatic N) is 2. The number of aromatic nitrogens is 2. The minimum Gasteiger partial charge on any atom is -0.385 e. The average molecular weight is 307 g/mol. The second kappa shape index (κ2) is 8.44. The second-order valence-corrected chi connectivity index (χ2v) is 4.96. The Morgan fingerprint density at radius 1 is 1.14 bits per heavy atom. The van der Waals surface area contributed by atoms with Gasteiger partial charge in [-0.1, -0.05) is 23.7 Å². The van der Waals surface area contributed by atoms with Gasteiger partial charge in [-0.05, 0) is 30.2 Å². The van der Waals surface area contributed by atoms with Gasteiger partial charge in [-0.15, -0.1) is 0 Å². The van der Waals surface area contributed by atoms with Gasteiger partial charge in [0.2, 0.25) is 5.95 Å². The Kier molecular flexibility index (Phi) is 6.24. The summed E-state index contributed by atoms with van der Waals surface area (Å²) in [6.45, 7) is 2.21. The highest BCUT2D eigenvalue weighted by Crippen LogP contribution is 2.11. The maximum atomic E-state index is 5.86. The van der Waals surface area contributed by atoms with E-state index in [2.05, 4.69) is 20.6 Å². The summed E-state index contributed by atoms with van der Waals surface area (Å²) in [4.78, 5) is 8.61. The summed E-state index contributed by atoms with van der Waals surface area (Å²) < 4.78 is 5.00. The Hall–Kier alpha value is -1.85. The molecule has 112 valence electrons. The van der Waals surface area contributed by atoms with Gasteiger partial charge in [0.15, 0.2) is 0 Å². The molecular weight excluding hydrogens is 288 g/mol. The molecule has 1 aromatic carbocycles. The van der Waals surface area contributed by atoms with Crippen LogP contribution in [0.25, 0.3) is 0 Å². The largest absolute Gasteiger partial charge is 0.385 e. The van der Waals surface area contributed by atoms with Crippen molar-refractivity contribution in [1.29, 1.82) is 0 Å². The van der Waals surface area contributed by atoms with E-state index in [0.29, 0.717) is 12.5 Å². The van der Waals surface area contributed by atoms with Gasteiger partial charge in [-0.25, -0.2) is 4.98 Å². The van der Waals surface area contributed by atoms with Crippen molar-refractivity contribution in [1.82, 2.24) is 9.97 Å². The van der Waals surface area contributed by atoms with E-state index in [1.54, 1.807) is 13.3 Å². The molecule has 1 heterocycles. The van der Waals surface area contributed by atoms with Crippen molar-refractivity contribution in [2.75, 3.05) is 30.9 Å². The van der Waals surface area contributed by atoms with Crippen LogP contribution in [0.15, 0.2) is 36.5 Å². The van der Waals surface area contributed by atoms with Gasteiger partial charge >= 0.3 is 0 Å². The number of hydrogen-bond acceptors (Lipinski definition) is 5. The third-order valence-electron chi connectivity index (χ3n) is 2.85. The molecular formula is C15H19ClN4O. The maximum Gasteiger partial charge on any atom is 0.224 e. The van der Waals surface area contributed by atoms with Crippen LogP contribution in [0.3, 0.4) is 0 Å². The van der Waals surface area contributed by atoms with E-state index in [4.69, 9.17) is 16.3 Å². The standard InChI is InChI=1S/C15H19ClN4O/c1-21-10-2-8-17-14-7-9-18-15(20-14)19-11-12-3-5-13(16)6-4-12/h3-7,9H,2,8,10-11H2,1H3,(H2,17,18,19,20). The lowest BCUT2D eigenvalue weighted by Gasteiger charge is -2.08. The van der Waals surface area contributed by atoms with E-state index in [-0.39, 0.29) is 0 Å². The first-order valence-electron chi connectivity index (χ1n) is 6.82. The molecule has 0 saturated carbocycles. The molecule has 2 rings (SSSR count).